The highest BCUT2D eigenvalue weighted by atomic mass is 19.4. The van der Waals surface area contributed by atoms with E-state index in [9.17, 15) is 18.0 Å². The van der Waals surface area contributed by atoms with Gasteiger partial charge in [0, 0.05) is 64.3 Å². The van der Waals surface area contributed by atoms with Gasteiger partial charge in [0.05, 0.1) is 11.3 Å². The van der Waals surface area contributed by atoms with Gasteiger partial charge in [0.2, 0.25) is 5.91 Å². The van der Waals surface area contributed by atoms with Crippen LogP contribution < -0.4 is 5.32 Å². The van der Waals surface area contributed by atoms with Crippen LogP contribution in [0.1, 0.15) is 22.3 Å². The van der Waals surface area contributed by atoms with Crippen LogP contribution in [0.25, 0.3) is 27.1 Å². The molecule has 8 heteroatoms. The SMILES string of the molecule is O=C(/C=C/C=C(/c1ccc(C=Nc2cccc3cnccc23)cc1)c1ccc(C(F)(F)F)cc1)Nc1cccc2cnccc12. The van der Waals surface area contributed by atoms with Gasteiger partial charge in [-0.2, -0.15) is 13.2 Å². The van der Waals surface area contributed by atoms with Gasteiger partial charge in [0.15, 0.2) is 0 Å². The number of nitrogens with one attached hydrogen (secondary N) is 1. The number of alkyl halides is 3. The average molecular weight is 599 g/mol. The Balaban J connectivity index is 1.27. The first kappa shape index (κ1) is 29.2. The fourth-order valence-electron chi connectivity index (χ4n) is 4.95. The molecule has 0 bridgehead atoms. The van der Waals surface area contributed by atoms with Crippen LogP contribution >= 0.6 is 0 Å². The lowest BCUT2D eigenvalue weighted by Crippen LogP contribution is -2.08. The third-order valence-electron chi connectivity index (χ3n) is 7.20. The average Bonchev–Trinajstić information content (AvgIpc) is 3.06. The van der Waals surface area contributed by atoms with Crippen LogP contribution in [0.2, 0.25) is 0 Å². The predicted octanol–water partition coefficient (Wildman–Crippen LogP) is 9.18. The number of pyridine rings is 2. The monoisotopic (exact) mass is 598 g/mol. The summed E-state index contributed by atoms with van der Waals surface area (Å²) in [5.74, 6) is -0.349. The highest BCUT2D eigenvalue weighted by Gasteiger charge is 2.30. The molecule has 0 saturated carbocycles. The molecular formula is C37H25F3N4O. The molecule has 45 heavy (non-hydrogen) atoms. The standard InChI is InChI=1S/C37H25F3N4O/c38-37(39,40)30-16-14-27(15-17-30)31(6-3-9-36(45)44-35-8-2-5-29-24-42-21-19-33(29)35)26-12-10-25(11-13-26)22-43-34-7-1-4-28-23-41-20-18-32(28)34/h1-24H,(H,44,45)/b9-3+,31-6-,43-22?. The van der Waals surface area contributed by atoms with Gasteiger partial charge in [-0.3, -0.25) is 19.8 Å². The number of amides is 1. The largest absolute Gasteiger partial charge is 0.416 e. The molecule has 0 radical (unpaired) electrons. The minimum absolute atomic E-state index is 0.349. The van der Waals surface area contributed by atoms with Gasteiger partial charge in [0.25, 0.3) is 0 Å². The lowest BCUT2D eigenvalue weighted by molar-refractivity contribution is -0.137. The molecule has 0 atom stereocenters. The topological polar surface area (TPSA) is 67.2 Å². The quantitative estimate of drug-likeness (QED) is 0.113. The molecule has 2 heterocycles. The summed E-state index contributed by atoms with van der Waals surface area (Å²) in [5.41, 5.74) is 3.55. The molecule has 0 spiro atoms. The van der Waals surface area contributed by atoms with E-state index in [0.29, 0.717) is 16.8 Å². The van der Waals surface area contributed by atoms with E-state index >= 15 is 0 Å². The molecule has 2 aromatic heterocycles. The zero-order chi connectivity index (χ0) is 31.2. The van der Waals surface area contributed by atoms with Crippen molar-refractivity contribution >= 4 is 50.6 Å². The van der Waals surface area contributed by atoms with Crippen LogP contribution in [0.15, 0.2) is 145 Å². The first-order valence-corrected chi connectivity index (χ1v) is 14.0. The minimum atomic E-state index is -4.44. The maximum Gasteiger partial charge on any atom is 0.416 e. The van der Waals surface area contributed by atoms with E-state index in [1.807, 2.05) is 66.7 Å². The molecule has 1 amide bonds. The molecule has 6 aromatic rings. The van der Waals surface area contributed by atoms with Crippen molar-refractivity contribution in [1.29, 1.82) is 0 Å². The molecule has 0 aliphatic heterocycles. The highest BCUT2D eigenvalue weighted by Crippen LogP contribution is 2.32. The zero-order valence-electron chi connectivity index (χ0n) is 23.7. The van der Waals surface area contributed by atoms with Crippen molar-refractivity contribution in [3.63, 3.8) is 0 Å². The molecule has 0 aliphatic rings. The number of fused-ring (bicyclic) bond motifs is 2. The number of aromatic nitrogens is 2. The lowest BCUT2D eigenvalue weighted by Gasteiger charge is -2.11. The summed E-state index contributed by atoms with van der Waals surface area (Å²) < 4.78 is 39.7. The predicted molar refractivity (Wildman–Crippen MR) is 173 cm³/mol. The molecule has 0 unspecified atom stereocenters. The molecular weight excluding hydrogens is 573 g/mol. The number of carbonyl (C=O) groups is 1. The molecule has 220 valence electrons. The maximum atomic E-state index is 13.2. The Bertz CT molecular complexity index is 2070. The number of benzene rings is 4. The Morgan fingerprint density at radius 1 is 0.733 bits per heavy atom. The molecule has 4 aromatic carbocycles. The fraction of sp³-hybridized carbons (Fsp3) is 0.0270. The van der Waals surface area contributed by atoms with E-state index in [1.54, 1.807) is 49.2 Å². The summed E-state index contributed by atoms with van der Waals surface area (Å²) >= 11 is 0. The van der Waals surface area contributed by atoms with Crippen LogP contribution in [0.4, 0.5) is 24.5 Å². The number of hydrogen-bond acceptors (Lipinski definition) is 4. The Morgan fingerprint density at radius 3 is 2.04 bits per heavy atom. The summed E-state index contributed by atoms with van der Waals surface area (Å²) in [4.78, 5) is 25.7. The second-order valence-corrected chi connectivity index (χ2v) is 10.2. The third kappa shape index (κ3) is 6.86. The Morgan fingerprint density at radius 2 is 1.36 bits per heavy atom. The number of allylic oxidation sites excluding steroid dienone is 2. The summed E-state index contributed by atoms with van der Waals surface area (Å²) in [6, 6.07) is 27.6. The Hall–Kier alpha value is -5.89. The molecule has 5 nitrogen and oxygen atoms in total. The van der Waals surface area contributed by atoms with Crippen LogP contribution in [0.3, 0.4) is 0 Å². The second-order valence-electron chi connectivity index (χ2n) is 10.2. The number of halogens is 3. The van der Waals surface area contributed by atoms with Crippen molar-refractivity contribution < 1.29 is 18.0 Å². The van der Waals surface area contributed by atoms with Crippen molar-refractivity contribution in [3.8, 4) is 0 Å². The summed E-state index contributed by atoms with van der Waals surface area (Å²) in [7, 11) is 0. The number of hydrogen-bond donors (Lipinski definition) is 1. The van der Waals surface area contributed by atoms with Crippen LogP contribution in [-0.2, 0) is 11.0 Å². The first-order valence-electron chi connectivity index (χ1n) is 14.0. The van der Waals surface area contributed by atoms with Gasteiger partial charge in [0.1, 0.15) is 0 Å². The van der Waals surface area contributed by atoms with E-state index in [2.05, 4.69) is 20.3 Å². The van der Waals surface area contributed by atoms with Crippen LogP contribution in [-0.4, -0.2) is 22.1 Å². The summed E-state index contributed by atoms with van der Waals surface area (Å²) in [6.45, 7) is 0. The van der Waals surface area contributed by atoms with Gasteiger partial charge < -0.3 is 5.32 Å². The second kappa shape index (κ2) is 12.8. The minimum Gasteiger partial charge on any atom is -0.322 e. The van der Waals surface area contributed by atoms with Gasteiger partial charge >= 0.3 is 6.18 Å². The van der Waals surface area contributed by atoms with Crippen molar-refractivity contribution in [1.82, 2.24) is 9.97 Å². The van der Waals surface area contributed by atoms with Crippen molar-refractivity contribution in [2.75, 3.05) is 5.32 Å². The number of carbonyl (C=O) groups excluding carboxylic acids is 1. The van der Waals surface area contributed by atoms with Gasteiger partial charge in [-0.25, -0.2) is 0 Å². The lowest BCUT2D eigenvalue weighted by atomic mass is 9.95. The summed E-state index contributed by atoms with van der Waals surface area (Å²) in [5, 5.41) is 6.61. The molecule has 0 fully saturated rings. The van der Waals surface area contributed by atoms with Crippen molar-refractivity contribution in [2.24, 2.45) is 4.99 Å². The highest BCUT2D eigenvalue weighted by molar-refractivity contribution is 6.06. The smallest absolute Gasteiger partial charge is 0.322 e. The van der Waals surface area contributed by atoms with E-state index in [0.717, 1.165) is 50.5 Å². The van der Waals surface area contributed by atoms with Gasteiger partial charge in [-0.05, 0) is 58.7 Å². The third-order valence-corrected chi connectivity index (χ3v) is 7.20. The first-order chi connectivity index (χ1) is 21.8. The molecule has 1 N–H and O–H groups in total. The van der Waals surface area contributed by atoms with Crippen molar-refractivity contribution in [2.45, 2.75) is 6.18 Å². The van der Waals surface area contributed by atoms with E-state index < -0.39 is 11.7 Å². The van der Waals surface area contributed by atoms with Gasteiger partial charge in [-0.1, -0.05) is 72.8 Å². The van der Waals surface area contributed by atoms with Gasteiger partial charge in [-0.15, -0.1) is 0 Å². The number of aliphatic imine (C=N–C) groups is 1. The maximum absolute atomic E-state index is 13.2. The number of nitrogens with zero attached hydrogens (tertiary/aromatic N) is 3. The number of anilines is 1. The van der Waals surface area contributed by atoms with Crippen LogP contribution in [0, 0.1) is 0 Å². The fourth-order valence-corrected chi connectivity index (χ4v) is 4.95. The molecule has 6 rings (SSSR count). The molecule has 0 aliphatic carbocycles. The normalized spacial score (nSPS) is 12.4. The Kier molecular flexibility index (Phi) is 8.28. The van der Waals surface area contributed by atoms with E-state index in [1.165, 1.54) is 18.2 Å². The number of rotatable bonds is 7. The van der Waals surface area contributed by atoms with Crippen molar-refractivity contribution in [3.05, 3.63) is 162 Å². The van der Waals surface area contributed by atoms with E-state index in [-0.39, 0.29) is 5.91 Å². The van der Waals surface area contributed by atoms with E-state index in [4.69, 9.17) is 0 Å². The Labute approximate surface area is 257 Å². The summed E-state index contributed by atoms with van der Waals surface area (Å²) in [6.07, 6.45) is 8.88. The van der Waals surface area contributed by atoms with Crippen LogP contribution in [0.5, 0.6) is 0 Å². The zero-order valence-corrected chi connectivity index (χ0v) is 23.7. The molecule has 0 saturated heterocycles.